The molecule has 4 rings (SSSR count). The van der Waals surface area contributed by atoms with Gasteiger partial charge in [0.05, 0.1) is 18.4 Å². The molecule has 1 unspecified atom stereocenters. The summed E-state index contributed by atoms with van der Waals surface area (Å²) in [5.41, 5.74) is 8.99. The van der Waals surface area contributed by atoms with Crippen LogP contribution >= 0.6 is 0 Å². The molecule has 1 saturated carbocycles. The van der Waals surface area contributed by atoms with E-state index in [1.54, 1.807) is 0 Å². The van der Waals surface area contributed by atoms with Crippen molar-refractivity contribution in [3.05, 3.63) is 29.3 Å². The molecule has 2 N–H and O–H groups in total. The van der Waals surface area contributed by atoms with E-state index in [2.05, 4.69) is 32.0 Å². The van der Waals surface area contributed by atoms with Crippen molar-refractivity contribution in [2.75, 3.05) is 13.7 Å². The first-order valence-corrected chi connectivity index (χ1v) is 10.1. The highest BCUT2D eigenvalue weighted by Crippen LogP contribution is 2.62. The molecule has 0 amide bonds. The fraction of sp³-hybridized carbons (Fsp3) is 0.636. The van der Waals surface area contributed by atoms with Crippen molar-refractivity contribution in [3.63, 3.8) is 0 Å². The molecule has 5 nitrogen and oxygen atoms in total. The average molecular weight is 370 g/mol. The van der Waals surface area contributed by atoms with Crippen LogP contribution in [0.5, 0.6) is 5.75 Å². The fourth-order valence-corrected chi connectivity index (χ4v) is 5.00. The number of hydrogen-bond donors (Lipinski definition) is 1. The van der Waals surface area contributed by atoms with Crippen LogP contribution < -0.4 is 10.5 Å². The van der Waals surface area contributed by atoms with Crippen molar-refractivity contribution in [2.24, 2.45) is 27.1 Å². The number of benzene rings is 1. The van der Waals surface area contributed by atoms with Crippen LogP contribution in [0.4, 0.5) is 0 Å². The van der Waals surface area contributed by atoms with Crippen LogP contribution in [-0.2, 0) is 16.8 Å². The minimum atomic E-state index is -0.591. The Hall–Kier alpha value is -1.88. The number of nitrogens with two attached hydrogens (primary N) is 1. The molecule has 1 heterocycles. The van der Waals surface area contributed by atoms with Gasteiger partial charge in [-0.15, -0.1) is 0 Å². The number of nitrogens with zero attached hydrogens (tertiary/aromatic N) is 2. The maximum Gasteiger partial charge on any atom is 0.184 e. The Bertz CT molecular complexity index is 771. The summed E-state index contributed by atoms with van der Waals surface area (Å²) in [6, 6.07) is 6.46. The van der Waals surface area contributed by atoms with E-state index in [0.29, 0.717) is 24.5 Å². The van der Waals surface area contributed by atoms with Gasteiger partial charge in [0.1, 0.15) is 11.6 Å². The number of fused-ring (bicyclic) bond motifs is 3. The quantitative estimate of drug-likeness (QED) is 0.877. The number of amidine groups is 1. The Labute approximate surface area is 162 Å². The summed E-state index contributed by atoms with van der Waals surface area (Å²) in [4.78, 5) is 10.1. The van der Waals surface area contributed by atoms with Gasteiger partial charge < -0.3 is 15.2 Å². The van der Waals surface area contributed by atoms with E-state index in [1.807, 2.05) is 14.0 Å². The highest BCUT2D eigenvalue weighted by Gasteiger charge is 2.60. The van der Waals surface area contributed by atoms with Crippen molar-refractivity contribution >= 4 is 11.5 Å². The molecule has 5 heteroatoms. The zero-order valence-corrected chi connectivity index (χ0v) is 16.9. The third kappa shape index (κ3) is 2.87. The Morgan fingerprint density at radius 1 is 1.22 bits per heavy atom. The molecule has 1 aromatic rings. The second kappa shape index (κ2) is 6.62. The van der Waals surface area contributed by atoms with Gasteiger partial charge in [-0.25, -0.2) is 4.99 Å². The van der Waals surface area contributed by atoms with E-state index in [0.717, 1.165) is 43.6 Å². The molecule has 0 saturated heterocycles. The zero-order valence-electron chi connectivity index (χ0n) is 16.9. The number of ether oxygens (including phenoxy) is 2. The molecular formula is C22H31N3O2. The summed E-state index contributed by atoms with van der Waals surface area (Å²) >= 11 is 0. The summed E-state index contributed by atoms with van der Waals surface area (Å²) in [6.45, 7) is 7.00. The van der Waals surface area contributed by atoms with Crippen LogP contribution in [0.1, 0.15) is 57.6 Å². The van der Waals surface area contributed by atoms with Gasteiger partial charge >= 0.3 is 0 Å². The molecule has 2 aliphatic carbocycles. The lowest BCUT2D eigenvalue weighted by atomic mass is 9.65. The molecule has 1 aromatic carbocycles. The highest BCUT2D eigenvalue weighted by atomic mass is 16.5. The number of rotatable bonds is 4. The lowest BCUT2D eigenvalue weighted by Gasteiger charge is -2.44. The van der Waals surface area contributed by atoms with Gasteiger partial charge in [0, 0.05) is 18.1 Å². The summed E-state index contributed by atoms with van der Waals surface area (Å²) in [7, 11) is 1.81. The molecular weight excluding hydrogens is 338 g/mol. The molecule has 0 radical (unpaired) electrons. The predicted molar refractivity (Wildman–Crippen MR) is 109 cm³/mol. The van der Waals surface area contributed by atoms with Gasteiger partial charge in [0.25, 0.3) is 0 Å². The SMILES string of the molecule is COC1CCC2(CC1)Cc1ccc(OCC(C)C)cc1C21N=C(C)C(N)=N1. The average Bonchev–Trinajstić information content (AvgIpc) is 3.09. The molecule has 146 valence electrons. The Balaban J connectivity index is 1.76. The lowest BCUT2D eigenvalue weighted by molar-refractivity contribution is -0.000402. The fourth-order valence-electron chi connectivity index (χ4n) is 5.00. The second-order valence-corrected chi connectivity index (χ2v) is 8.78. The minimum Gasteiger partial charge on any atom is -0.493 e. The highest BCUT2D eigenvalue weighted by molar-refractivity contribution is 6.41. The minimum absolute atomic E-state index is 0.0105. The Kier molecular flexibility index (Phi) is 4.53. The largest absolute Gasteiger partial charge is 0.493 e. The molecule has 27 heavy (non-hydrogen) atoms. The van der Waals surface area contributed by atoms with E-state index in [9.17, 15) is 0 Å². The zero-order chi connectivity index (χ0) is 19.2. The van der Waals surface area contributed by atoms with Gasteiger partial charge in [-0.3, -0.25) is 4.99 Å². The van der Waals surface area contributed by atoms with Gasteiger partial charge in [0.2, 0.25) is 0 Å². The monoisotopic (exact) mass is 369 g/mol. The molecule has 0 bridgehead atoms. The predicted octanol–water partition coefficient (Wildman–Crippen LogP) is 3.84. The lowest BCUT2D eigenvalue weighted by Crippen LogP contribution is -2.43. The maximum absolute atomic E-state index is 6.23. The van der Waals surface area contributed by atoms with Crippen molar-refractivity contribution in [1.29, 1.82) is 0 Å². The van der Waals surface area contributed by atoms with E-state index in [-0.39, 0.29) is 5.41 Å². The van der Waals surface area contributed by atoms with Crippen LogP contribution in [0.25, 0.3) is 0 Å². The molecule has 1 atom stereocenters. The van der Waals surface area contributed by atoms with Crippen LogP contribution in [-0.4, -0.2) is 31.4 Å². The molecule has 1 fully saturated rings. The van der Waals surface area contributed by atoms with E-state index in [4.69, 9.17) is 25.2 Å². The normalized spacial score (nSPS) is 32.1. The molecule has 0 aromatic heterocycles. The van der Waals surface area contributed by atoms with Crippen LogP contribution in [0.2, 0.25) is 0 Å². The second-order valence-electron chi connectivity index (χ2n) is 8.78. The summed E-state index contributed by atoms with van der Waals surface area (Å²) in [5, 5.41) is 0. The summed E-state index contributed by atoms with van der Waals surface area (Å²) in [5.74, 6) is 1.96. The standard InChI is InChI=1S/C22H31N3O2/c1-14(2)13-27-18-6-5-16-12-21(9-7-17(26-4)8-10-21)22(19(16)11-18)24-15(3)20(23)25-22/h5-6,11,14,17H,7-10,12-13H2,1-4H3,(H2,23,25). The van der Waals surface area contributed by atoms with Crippen molar-refractivity contribution < 1.29 is 9.47 Å². The number of aliphatic imine (C=N–C) groups is 2. The topological polar surface area (TPSA) is 69.2 Å². The van der Waals surface area contributed by atoms with Crippen LogP contribution in [0, 0.1) is 11.3 Å². The van der Waals surface area contributed by atoms with Crippen LogP contribution in [0.3, 0.4) is 0 Å². The maximum atomic E-state index is 6.23. The van der Waals surface area contributed by atoms with Crippen molar-refractivity contribution in [2.45, 2.75) is 64.6 Å². The Morgan fingerprint density at radius 2 is 1.96 bits per heavy atom. The van der Waals surface area contributed by atoms with Crippen molar-refractivity contribution in [3.8, 4) is 5.75 Å². The molecule has 2 spiro atoms. The first kappa shape index (κ1) is 18.5. The molecule has 1 aliphatic heterocycles. The third-order valence-electron chi connectivity index (χ3n) is 6.51. The molecule has 3 aliphatic rings. The van der Waals surface area contributed by atoms with Gasteiger partial charge in [-0.1, -0.05) is 19.9 Å². The first-order chi connectivity index (χ1) is 12.9. The Morgan fingerprint density at radius 3 is 2.56 bits per heavy atom. The first-order valence-electron chi connectivity index (χ1n) is 10.1. The van der Waals surface area contributed by atoms with Gasteiger partial charge in [-0.05, 0) is 62.6 Å². The smallest absolute Gasteiger partial charge is 0.184 e. The van der Waals surface area contributed by atoms with Gasteiger partial charge in [0.15, 0.2) is 5.66 Å². The summed E-state index contributed by atoms with van der Waals surface area (Å²) < 4.78 is 11.6. The van der Waals surface area contributed by atoms with E-state index in [1.165, 1.54) is 11.1 Å². The number of hydrogen-bond acceptors (Lipinski definition) is 5. The van der Waals surface area contributed by atoms with Crippen LogP contribution in [0.15, 0.2) is 28.2 Å². The van der Waals surface area contributed by atoms with E-state index < -0.39 is 5.66 Å². The van der Waals surface area contributed by atoms with E-state index >= 15 is 0 Å². The van der Waals surface area contributed by atoms with Crippen molar-refractivity contribution in [1.82, 2.24) is 0 Å². The van der Waals surface area contributed by atoms with Gasteiger partial charge in [-0.2, -0.15) is 0 Å². The number of methoxy groups -OCH3 is 1. The summed E-state index contributed by atoms with van der Waals surface area (Å²) in [6.07, 6.45) is 5.54. The third-order valence-corrected chi connectivity index (χ3v) is 6.51.